The van der Waals surface area contributed by atoms with E-state index in [0.717, 1.165) is 33.3 Å². The molecule has 2 heterocycles. The summed E-state index contributed by atoms with van der Waals surface area (Å²) >= 11 is 0.929. The van der Waals surface area contributed by atoms with E-state index in [4.69, 9.17) is 0 Å². The fourth-order valence-corrected chi connectivity index (χ4v) is 4.64. The van der Waals surface area contributed by atoms with Gasteiger partial charge in [0, 0.05) is 39.2 Å². The number of hydrogen-bond donors (Lipinski definition) is 2. The highest BCUT2D eigenvalue weighted by atomic mass is 32.1. The van der Waals surface area contributed by atoms with E-state index in [1.807, 2.05) is 0 Å². The van der Waals surface area contributed by atoms with Crippen molar-refractivity contribution in [2.24, 2.45) is 0 Å². The number of benzene rings is 1. The largest absolute Gasteiger partial charge is 0.573 e. The number of carbonyl (C=O) groups excluding carboxylic acids is 3. The van der Waals surface area contributed by atoms with Crippen molar-refractivity contribution in [2.75, 3.05) is 38.5 Å². The van der Waals surface area contributed by atoms with E-state index in [0.29, 0.717) is 36.1 Å². The average molecular weight is 532 g/mol. The van der Waals surface area contributed by atoms with Gasteiger partial charge in [-0.05, 0) is 25.0 Å². The molecule has 0 spiro atoms. The van der Waals surface area contributed by atoms with Crippen molar-refractivity contribution < 1.29 is 42.2 Å². The molecule has 1 aliphatic rings. The Morgan fingerprint density at radius 3 is 2.47 bits per heavy atom. The third-order valence-electron chi connectivity index (χ3n) is 5.55. The van der Waals surface area contributed by atoms with Crippen LogP contribution in [0.2, 0.25) is 0 Å². The Labute approximate surface area is 207 Å². The predicted molar refractivity (Wildman–Crippen MR) is 123 cm³/mol. The number of piperidine rings is 1. The monoisotopic (exact) mass is 531 g/mol. The third-order valence-corrected chi connectivity index (χ3v) is 6.48. The number of rotatable bonds is 7. The second kappa shape index (κ2) is 11.0. The third kappa shape index (κ3) is 7.19. The first-order valence-electron chi connectivity index (χ1n) is 10.8. The molecule has 0 radical (unpaired) electrons. The molecule has 3 rings (SSSR count). The number of carboxylic acid groups (broad SMARTS) is 1. The average Bonchev–Trinajstić information content (AvgIpc) is 3.17. The number of fused-ring (bicyclic) bond motifs is 1. The Bertz CT molecular complexity index is 1150. The molecule has 196 valence electrons. The van der Waals surface area contributed by atoms with Gasteiger partial charge in [-0.15, -0.1) is 13.2 Å². The van der Waals surface area contributed by atoms with E-state index >= 15 is 0 Å². The lowest BCUT2D eigenvalue weighted by Gasteiger charge is -2.37. The first-order valence-corrected chi connectivity index (χ1v) is 11.6. The zero-order valence-corrected chi connectivity index (χ0v) is 20.2. The van der Waals surface area contributed by atoms with E-state index < -0.39 is 49.2 Å². The van der Waals surface area contributed by atoms with Crippen LogP contribution in [0.25, 0.3) is 10.2 Å². The molecule has 0 saturated carbocycles. The molecular weight excluding hydrogens is 507 g/mol. The van der Waals surface area contributed by atoms with E-state index in [9.17, 15) is 37.5 Å². The molecule has 4 amide bonds. The Balaban J connectivity index is 1.55. The minimum absolute atomic E-state index is 0.0969. The zero-order valence-electron chi connectivity index (χ0n) is 19.4. The van der Waals surface area contributed by atoms with Crippen molar-refractivity contribution in [3.8, 4) is 5.75 Å². The molecule has 2 aromatic rings. The topological polar surface area (TPSA) is 132 Å². The van der Waals surface area contributed by atoms with Crippen LogP contribution in [0.3, 0.4) is 0 Å². The smallest absolute Gasteiger partial charge is 0.465 e. The summed E-state index contributed by atoms with van der Waals surface area (Å²) in [7, 11) is 1.35. The van der Waals surface area contributed by atoms with Gasteiger partial charge < -0.3 is 25.0 Å². The molecule has 0 atom stereocenters. The van der Waals surface area contributed by atoms with Gasteiger partial charge in [0.15, 0.2) is 5.13 Å². The van der Waals surface area contributed by atoms with Gasteiger partial charge in [0.2, 0.25) is 17.7 Å². The molecule has 15 heteroatoms. The van der Waals surface area contributed by atoms with Gasteiger partial charge in [0.05, 0.1) is 16.8 Å². The van der Waals surface area contributed by atoms with Crippen LogP contribution in [0.1, 0.15) is 19.8 Å². The van der Waals surface area contributed by atoms with Gasteiger partial charge in [-0.3, -0.25) is 19.3 Å². The van der Waals surface area contributed by atoms with E-state index in [2.05, 4.69) is 15.0 Å². The lowest BCUT2D eigenvalue weighted by molar-refractivity contribution is -0.274. The van der Waals surface area contributed by atoms with Crippen LogP contribution in [0.15, 0.2) is 18.2 Å². The second-order valence-electron chi connectivity index (χ2n) is 8.14. The molecule has 0 bridgehead atoms. The summed E-state index contributed by atoms with van der Waals surface area (Å²) in [6.07, 6.45) is -5.31. The second-order valence-corrected chi connectivity index (χ2v) is 9.17. The van der Waals surface area contributed by atoms with Crippen molar-refractivity contribution >= 4 is 50.5 Å². The molecule has 1 fully saturated rings. The number of nitrogens with zero attached hydrogens (tertiary/aromatic N) is 4. The molecule has 1 aliphatic heterocycles. The number of halogens is 3. The van der Waals surface area contributed by atoms with E-state index in [1.165, 1.54) is 20.0 Å². The summed E-state index contributed by atoms with van der Waals surface area (Å²) in [5.41, 5.74) is 0.349. The SMILES string of the molecule is CC(=O)N1CCC(N(CC(=O)N(C)CC(=O)Nc2nc3ccc(OC(F)(F)F)cc3s2)C(=O)O)CC1. The fourth-order valence-electron chi connectivity index (χ4n) is 3.73. The van der Waals surface area contributed by atoms with Crippen LogP contribution >= 0.6 is 11.3 Å². The van der Waals surface area contributed by atoms with Gasteiger partial charge in [-0.2, -0.15) is 0 Å². The first-order chi connectivity index (χ1) is 16.8. The van der Waals surface area contributed by atoms with Gasteiger partial charge >= 0.3 is 12.5 Å². The van der Waals surface area contributed by atoms with Crippen LogP contribution in [-0.4, -0.2) is 94.2 Å². The molecule has 1 aromatic heterocycles. The van der Waals surface area contributed by atoms with Crippen molar-refractivity contribution in [1.82, 2.24) is 19.7 Å². The minimum atomic E-state index is -4.84. The number of amides is 4. The molecule has 1 aromatic carbocycles. The number of nitrogens with one attached hydrogen (secondary N) is 1. The van der Waals surface area contributed by atoms with E-state index in [-0.39, 0.29) is 11.0 Å². The Morgan fingerprint density at radius 1 is 1.22 bits per heavy atom. The molecule has 2 N–H and O–H groups in total. The highest BCUT2D eigenvalue weighted by Gasteiger charge is 2.32. The summed E-state index contributed by atoms with van der Waals surface area (Å²) in [6, 6.07) is 3.14. The minimum Gasteiger partial charge on any atom is -0.465 e. The number of aromatic nitrogens is 1. The van der Waals surface area contributed by atoms with Gasteiger partial charge in [-0.1, -0.05) is 11.3 Å². The molecule has 36 heavy (non-hydrogen) atoms. The Morgan fingerprint density at radius 2 is 1.89 bits per heavy atom. The van der Waals surface area contributed by atoms with E-state index in [1.54, 1.807) is 4.90 Å². The molecule has 0 unspecified atom stereocenters. The number of ether oxygens (including phenoxy) is 1. The maximum absolute atomic E-state index is 12.6. The number of carbonyl (C=O) groups is 4. The number of hydrogen-bond acceptors (Lipinski definition) is 7. The maximum atomic E-state index is 12.6. The van der Waals surface area contributed by atoms with Crippen LogP contribution in [0.5, 0.6) is 5.75 Å². The molecule has 11 nitrogen and oxygen atoms in total. The summed E-state index contributed by atoms with van der Waals surface area (Å²) in [4.78, 5) is 56.0. The zero-order chi connectivity index (χ0) is 26.6. The van der Waals surface area contributed by atoms with Crippen molar-refractivity contribution in [1.29, 1.82) is 0 Å². The van der Waals surface area contributed by atoms with Crippen LogP contribution in [-0.2, 0) is 14.4 Å². The highest BCUT2D eigenvalue weighted by Crippen LogP contribution is 2.31. The van der Waals surface area contributed by atoms with Crippen molar-refractivity contribution in [2.45, 2.75) is 32.2 Å². The standard InChI is InChI=1S/C21H24F3N5O6S/c1-12(30)28-7-5-13(6-8-28)29(20(33)34)11-18(32)27(2)10-17(31)26-19-25-15-4-3-14(9-16(15)36-19)35-21(22,23)24/h3-4,9,13H,5-8,10-11H2,1-2H3,(H,33,34)(H,25,26,31). The fraction of sp³-hybridized carbons (Fsp3) is 0.476. The quantitative estimate of drug-likeness (QED) is 0.561. The summed E-state index contributed by atoms with van der Waals surface area (Å²) in [5.74, 6) is -1.73. The Kier molecular flexibility index (Phi) is 8.22. The van der Waals surface area contributed by atoms with Crippen LogP contribution < -0.4 is 10.1 Å². The van der Waals surface area contributed by atoms with Gasteiger partial charge in [0.25, 0.3) is 0 Å². The number of likely N-dealkylation sites (tertiary alicyclic amines) is 1. The van der Waals surface area contributed by atoms with Crippen molar-refractivity contribution in [3.05, 3.63) is 18.2 Å². The number of alkyl halides is 3. The molecule has 0 aliphatic carbocycles. The summed E-state index contributed by atoms with van der Waals surface area (Å²) < 4.78 is 41.4. The van der Waals surface area contributed by atoms with Gasteiger partial charge in [-0.25, -0.2) is 9.78 Å². The lowest BCUT2D eigenvalue weighted by Crippen LogP contribution is -2.51. The number of anilines is 1. The maximum Gasteiger partial charge on any atom is 0.573 e. The number of thiazole rings is 1. The Hall–Kier alpha value is -3.62. The van der Waals surface area contributed by atoms with Gasteiger partial charge in [0.1, 0.15) is 12.3 Å². The number of likely N-dealkylation sites (N-methyl/N-ethyl adjacent to an activating group) is 1. The first kappa shape index (κ1) is 27.0. The molecular formula is C21H24F3N5O6S. The predicted octanol–water partition coefficient (Wildman–Crippen LogP) is 2.58. The lowest BCUT2D eigenvalue weighted by atomic mass is 10.0. The highest BCUT2D eigenvalue weighted by molar-refractivity contribution is 7.22. The van der Waals surface area contributed by atoms with Crippen LogP contribution in [0, 0.1) is 0 Å². The summed E-state index contributed by atoms with van der Waals surface area (Å²) in [5, 5.41) is 12.2. The normalized spacial score (nSPS) is 14.4. The summed E-state index contributed by atoms with van der Waals surface area (Å²) in [6.45, 7) is 1.37. The molecule has 1 saturated heterocycles. The van der Waals surface area contributed by atoms with Crippen LogP contribution in [0.4, 0.5) is 23.1 Å². The van der Waals surface area contributed by atoms with Crippen molar-refractivity contribution in [3.63, 3.8) is 0 Å².